The summed E-state index contributed by atoms with van der Waals surface area (Å²) in [7, 11) is 1.60. The van der Waals surface area contributed by atoms with Crippen molar-refractivity contribution in [2.45, 2.75) is 20.3 Å². The number of methoxy groups -OCH3 is 1. The topological polar surface area (TPSA) is 83.2 Å². The van der Waals surface area contributed by atoms with Crippen LogP contribution in [0.25, 0.3) is 10.9 Å². The Morgan fingerprint density at radius 3 is 2.71 bits per heavy atom. The molecule has 0 radical (unpaired) electrons. The van der Waals surface area contributed by atoms with Crippen molar-refractivity contribution in [3.05, 3.63) is 30.0 Å². The van der Waals surface area contributed by atoms with Gasteiger partial charge in [0.1, 0.15) is 5.75 Å². The number of ether oxygens (including phenoxy) is 1. The predicted molar refractivity (Wildman–Crippen MR) is 79.7 cm³/mol. The summed E-state index contributed by atoms with van der Waals surface area (Å²) < 4.78 is 5.19. The highest BCUT2D eigenvalue weighted by Gasteiger charge is 2.11. The number of hydrazine groups is 1. The molecule has 0 saturated heterocycles. The summed E-state index contributed by atoms with van der Waals surface area (Å²) in [6, 6.07) is 5.63. The molecule has 21 heavy (non-hydrogen) atoms. The summed E-state index contributed by atoms with van der Waals surface area (Å²) in [6.07, 6.45) is 1.96. The molecular formula is C15H19N3O3. The number of fused-ring (bicyclic) bond motifs is 1. The number of hydrogen-bond donors (Lipinski definition) is 3. The van der Waals surface area contributed by atoms with E-state index < -0.39 is 0 Å². The van der Waals surface area contributed by atoms with Crippen molar-refractivity contribution >= 4 is 22.7 Å². The van der Waals surface area contributed by atoms with Crippen molar-refractivity contribution in [3.63, 3.8) is 0 Å². The molecule has 2 aromatic rings. The van der Waals surface area contributed by atoms with Crippen molar-refractivity contribution in [1.29, 1.82) is 0 Å². The van der Waals surface area contributed by atoms with Gasteiger partial charge in [0.2, 0.25) is 11.8 Å². The van der Waals surface area contributed by atoms with Crippen molar-refractivity contribution in [3.8, 4) is 5.75 Å². The Hall–Kier alpha value is -2.50. The number of H-pyrrole nitrogens is 1. The second-order valence-corrected chi connectivity index (χ2v) is 5.09. The highest BCUT2D eigenvalue weighted by atomic mass is 16.5. The van der Waals surface area contributed by atoms with Gasteiger partial charge in [0, 0.05) is 23.0 Å². The Morgan fingerprint density at radius 1 is 1.29 bits per heavy atom. The Morgan fingerprint density at radius 2 is 2.05 bits per heavy atom. The molecule has 2 rings (SSSR count). The van der Waals surface area contributed by atoms with E-state index in [0.717, 1.165) is 22.2 Å². The summed E-state index contributed by atoms with van der Waals surface area (Å²) in [5.41, 5.74) is 6.59. The van der Waals surface area contributed by atoms with Crippen LogP contribution in [0.3, 0.4) is 0 Å². The normalized spacial score (nSPS) is 10.7. The van der Waals surface area contributed by atoms with Crippen LogP contribution in [0.15, 0.2) is 24.4 Å². The molecule has 0 bridgehead atoms. The van der Waals surface area contributed by atoms with Crippen molar-refractivity contribution in [1.82, 2.24) is 15.8 Å². The smallest absolute Gasteiger partial charge is 0.242 e. The summed E-state index contributed by atoms with van der Waals surface area (Å²) in [5.74, 6) is 0.0659. The van der Waals surface area contributed by atoms with Crippen LogP contribution in [0, 0.1) is 5.92 Å². The summed E-state index contributed by atoms with van der Waals surface area (Å²) in [6.45, 7) is 3.51. The van der Waals surface area contributed by atoms with E-state index in [1.165, 1.54) is 0 Å². The fraction of sp³-hybridized carbons (Fsp3) is 0.333. The third-order valence-electron chi connectivity index (χ3n) is 3.18. The van der Waals surface area contributed by atoms with Crippen LogP contribution >= 0.6 is 0 Å². The second kappa shape index (κ2) is 6.30. The van der Waals surface area contributed by atoms with Gasteiger partial charge >= 0.3 is 0 Å². The molecule has 0 atom stereocenters. The maximum absolute atomic E-state index is 11.9. The number of rotatable bonds is 4. The Bertz CT molecular complexity index is 661. The molecule has 0 saturated carbocycles. The van der Waals surface area contributed by atoms with Gasteiger partial charge in [-0.1, -0.05) is 13.8 Å². The predicted octanol–water partition coefficient (Wildman–Crippen LogP) is 1.52. The molecular weight excluding hydrogens is 270 g/mol. The molecule has 3 N–H and O–H groups in total. The van der Waals surface area contributed by atoms with Gasteiger partial charge < -0.3 is 9.72 Å². The fourth-order valence-corrected chi connectivity index (χ4v) is 1.92. The summed E-state index contributed by atoms with van der Waals surface area (Å²) >= 11 is 0. The van der Waals surface area contributed by atoms with Gasteiger partial charge in [-0.3, -0.25) is 20.4 Å². The number of aromatic amines is 1. The molecule has 112 valence electrons. The molecule has 0 aliphatic heterocycles. The molecule has 0 unspecified atom stereocenters. The monoisotopic (exact) mass is 289 g/mol. The number of nitrogens with one attached hydrogen (secondary N) is 3. The number of benzene rings is 1. The first-order valence-electron chi connectivity index (χ1n) is 6.74. The van der Waals surface area contributed by atoms with Crippen molar-refractivity contribution in [2.24, 2.45) is 5.92 Å². The number of amides is 2. The zero-order valence-electron chi connectivity index (χ0n) is 12.3. The highest BCUT2D eigenvalue weighted by molar-refractivity contribution is 5.90. The molecule has 6 heteroatoms. The first-order valence-corrected chi connectivity index (χ1v) is 6.74. The first kappa shape index (κ1) is 14.9. The van der Waals surface area contributed by atoms with Gasteiger partial charge in [-0.25, -0.2) is 0 Å². The number of carbonyl (C=O) groups is 2. The number of carbonyl (C=O) groups excluding carboxylic acids is 2. The van der Waals surface area contributed by atoms with Gasteiger partial charge in [-0.2, -0.15) is 0 Å². The summed E-state index contributed by atoms with van der Waals surface area (Å²) in [4.78, 5) is 26.4. The average Bonchev–Trinajstić information content (AvgIpc) is 2.86. The molecule has 0 spiro atoms. The minimum Gasteiger partial charge on any atom is -0.497 e. The maximum Gasteiger partial charge on any atom is 0.242 e. The molecule has 0 aliphatic rings. The van der Waals surface area contributed by atoms with Crippen LogP contribution in [-0.4, -0.2) is 23.9 Å². The molecule has 1 aromatic carbocycles. The van der Waals surface area contributed by atoms with Gasteiger partial charge in [-0.05, 0) is 23.8 Å². The quantitative estimate of drug-likeness (QED) is 0.746. The minimum atomic E-state index is -0.271. The fourth-order valence-electron chi connectivity index (χ4n) is 1.92. The largest absolute Gasteiger partial charge is 0.497 e. The lowest BCUT2D eigenvalue weighted by atomic mass is 10.1. The average molecular weight is 289 g/mol. The highest BCUT2D eigenvalue weighted by Crippen LogP contribution is 2.23. The molecule has 0 aliphatic carbocycles. The number of hydrogen-bond acceptors (Lipinski definition) is 3. The maximum atomic E-state index is 11.9. The van der Waals surface area contributed by atoms with E-state index in [-0.39, 0.29) is 24.2 Å². The Balaban J connectivity index is 2.05. The Labute approximate surface area is 122 Å². The van der Waals surface area contributed by atoms with Gasteiger partial charge in [-0.15, -0.1) is 0 Å². The van der Waals surface area contributed by atoms with E-state index in [4.69, 9.17) is 4.74 Å². The third kappa shape index (κ3) is 3.53. The van der Waals surface area contributed by atoms with Crippen LogP contribution in [0.5, 0.6) is 5.75 Å². The van der Waals surface area contributed by atoms with E-state index in [9.17, 15) is 9.59 Å². The van der Waals surface area contributed by atoms with Crippen LogP contribution in [0.2, 0.25) is 0 Å². The number of aromatic nitrogens is 1. The standard InChI is InChI=1S/C15H19N3O3/c1-9(2)15(20)18-17-14(19)6-10-8-16-13-5-4-11(21-3)7-12(10)13/h4-5,7-9,16H,6H2,1-3H3,(H,17,19)(H,18,20). The van der Waals surface area contributed by atoms with Crippen LogP contribution in [0.1, 0.15) is 19.4 Å². The molecule has 1 aromatic heterocycles. The molecule has 1 heterocycles. The van der Waals surface area contributed by atoms with E-state index in [0.29, 0.717) is 0 Å². The molecule has 2 amide bonds. The third-order valence-corrected chi connectivity index (χ3v) is 3.18. The van der Waals surface area contributed by atoms with E-state index in [1.54, 1.807) is 27.2 Å². The van der Waals surface area contributed by atoms with Gasteiger partial charge in [0.15, 0.2) is 0 Å². The lowest BCUT2D eigenvalue weighted by molar-refractivity contribution is -0.130. The lowest BCUT2D eigenvalue weighted by Gasteiger charge is -2.09. The SMILES string of the molecule is COc1ccc2[nH]cc(CC(=O)NNC(=O)C(C)C)c2c1. The molecule has 0 fully saturated rings. The van der Waals surface area contributed by atoms with E-state index >= 15 is 0 Å². The Kier molecular flexibility index (Phi) is 4.47. The first-order chi connectivity index (χ1) is 10.0. The zero-order chi connectivity index (χ0) is 15.4. The summed E-state index contributed by atoms with van der Waals surface area (Å²) in [5, 5.41) is 0.930. The van der Waals surface area contributed by atoms with Crippen LogP contribution in [0.4, 0.5) is 0 Å². The minimum absolute atomic E-state index is 0.172. The van der Waals surface area contributed by atoms with Crippen molar-refractivity contribution < 1.29 is 14.3 Å². The van der Waals surface area contributed by atoms with E-state index in [2.05, 4.69) is 15.8 Å². The molecule has 6 nitrogen and oxygen atoms in total. The van der Waals surface area contributed by atoms with Gasteiger partial charge in [0.05, 0.1) is 13.5 Å². The van der Waals surface area contributed by atoms with Crippen molar-refractivity contribution in [2.75, 3.05) is 7.11 Å². The second-order valence-electron chi connectivity index (χ2n) is 5.09. The lowest BCUT2D eigenvalue weighted by Crippen LogP contribution is -2.44. The van der Waals surface area contributed by atoms with Crippen LogP contribution < -0.4 is 15.6 Å². The van der Waals surface area contributed by atoms with Crippen LogP contribution in [-0.2, 0) is 16.0 Å². The zero-order valence-corrected chi connectivity index (χ0v) is 12.3. The van der Waals surface area contributed by atoms with Gasteiger partial charge in [0.25, 0.3) is 0 Å². The van der Waals surface area contributed by atoms with E-state index in [1.807, 2.05) is 18.2 Å².